The van der Waals surface area contributed by atoms with Crippen LogP contribution in [-0.4, -0.2) is 33.7 Å². The van der Waals surface area contributed by atoms with Crippen LogP contribution >= 0.6 is 0 Å². The number of carbonyl (C=O) groups is 2. The van der Waals surface area contributed by atoms with Crippen LogP contribution in [0.2, 0.25) is 0 Å². The van der Waals surface area contributed by atoms with Crippen LogP contribution in [-0.2, 0) is 25.9 Å². The highest BCUT2D eigenvalue weighted by atomic mass is 32.2. The van der Waals surface area contributed by atoms with Gasteiger partial charge in [0.2, 0.25) is 0 Å². The van der Waals surface area contributed by atoms with Crippen molar-refractivity contribution in [1.82, 2.24) is 0 Å². The molecule has 2 aromatic carbocycles. The van der Waals surface area contributed by atoms with Gasteiger partial charge in [-0.3, -0.25) is 0 Å². The van der Waals surface area contributed by atoms with E-state index in [1.165, 1.54) is 19.2 Å². The van der Waals surface area contributed by atoms with Crippen molar-refractivity contribution >= 4 is 21.8 Å². The van der Waals surface area contributed by atoms with E-state index in [0.29, 0.717) is 16.7 Å². The normalized spacial score (nSPS) is 11.0. The molecule has 0 aliphatic rings. The van der Waals surface area contributed by atoms with E-state index in [9.17, 15) is 18.0 Å². The number of aryl methyl sites for hydroxylation is 1. The molecule has 0 aliphatic carbocycles. The molecule has 0 unspecified atom stereocenters. The van der Waals surface area contributed by atoms with Crippen LogP contribution in [0.25, 0.3) is 0 Å². The molecule has 7 heteroatoms. The third-order valence-electron chi connectivity index (χ3n) is 3.58. The molecular formula is C18H18O6S. The van der Waals surface area contributed by atoms with E-state index < -0.39 is 21.8 Å². The van der Waals surface area contributed by atoms with Crippen molar-refractivity contribution in [3.05, 3.63) is 64.7 Å². The van der Waals surface area contributed by atoms with E-state index in [1.54, 1.807) is 37.3 Å². The molecule has 0 N–H and O–H groups in total. The lowest BCUT2D eigenvalue weighted by atomic mass is 10.1. The summed E-state index contributed by atoms with van der Waals surface area (Å²) in [6.07, 6.45) is 1.07. The van der Waals surface area contributed by atoms with Crippen LogP contribution in [0.15, 0.2) is 47.4 Å². The second-order valence-electron chi connectivity index (χ2n) is 5.52. The first-order valence-electron chi connectivity index (χ1n) is 7.37. The number of hydrogen-bond acceptors (Lipinski definition) is 6. The summed E-state index contributed by atoms with van der Waals surface area (Å²) < 4.78 is 33.2. The zero-order valence-corrected chi connectivity index (χ0v) is 14.9. The lowest BCUT2D eigenvalue weighted by molar-refractivity contribution is 0.0471. The van der Waals surface area contributed by atoms with Gasteiger partial charge < -0.3 is 9.47 Å². The minimum absolute atomic E-state index is 0.0494. The highest BCUT2D eigenvalue weighted by Gasteiger charge is 2.16. The maximum Gasteiger partial charge on any atom is 0.338 e. The molecule has 0 amide bonds. The maximum absolute atomic E-state index is 12.3. The number of esters is 2. The van der Waals surface area contributed by atoms with Crippen LogP contribution in [0, 0.1) is 6.92 Å². The Morgan fingerprint density at radius 1 is 1.04 bits per heavy atom. The summed E-state index contributed by atoms with van der Waals surface area (Å²) in [5, 5.41) is 0. The molecule has 0 heterocycles. The van der Waals surface area contributed by atoms with Gasteiger partial charge in [-0.1, -0.05) is 18.2 Å². The third kappa shape index (κ3) is 4.67. The number of ether oxygens (including phenoxy) is 2. The van der Waals surface area contributed by atoms with Crippen molar-refractivity contribution in [2.24, 2.45) is 0 Å². The number of carbonyl (C=O) groups excluding carboxylic acids is 2. The fourth-order valence-electron chi connectivity index (χ4n) is 2.18. The predicted octanol–water partition coefficient (Wildman–Crippen LogP) is 2.54. The first kappa shape index (κ1) is 18.7. The molecule has 0 bridgehead atoms. The Morgan fingerprint density at radius 3 is 2.40 bits per heavy atom. The first-order valence-corrected chi connectivity index (χ1v) is 9.26. The summed E-state index contributed by atoms with van der Waals surface area (Å²) in [4.78, 5) is 23.9. The fraction of sp³-hybridized carbons (Fsp3) is 0.222. The molecule has 132 valence electrons. The first-order chi connectivity index (χ1) is 11.7. The Morgan fingerprint density at radius 2 is 1.76 bits per heavy atom. The number of sulfone groups is 1. The van der Waals surface area contributed by atoms with E-state index >= 15 is 0 Å². The Balaban J connectivity index is 2.17. The summed E-state index contributed by atoms with van der Waals surface area (Å²) in [5.41, 5.74) is 1.77. The lowest BCUT2D eigenvalue weighted by Crippen LogP contribution is -2.09. The summed E-state index contributed by atoms with van der Waals surface area (Å²) in [5.74, 6) is -1.11. The average Bonchev–Trinajstić information content (AvgIpc) is 2.58. The van der Waals surface area contributed by atoms with Gasteiger partial charge in [0.1, 0.15) is 6.61 Å². The van der Waals surface area contributed by atoms with Gasteiger partial charge in [0, 0.05) is 6.26 Å². The van der Waals surface area contributed by atoms with E-state index in [-0.39, 0.29) is 17.1 Å². The Labute approximate surface area is 146 Å². The van der Waals surface area contributed by atoms with Crippen molar-refractivity contribution in [2.45, 2.75) is 18.4 Å². The van der Waals surface area contributed by atoms with Crippen molar-refractivity contribution < 1.29 is 27.5 Å². The fourth-order valence-corrected chi connectivity index (χ4v) is 2.83. The summed E-state index contributed by atoms with van der Waals surface area (Å²) in [6.45, 7) is 1.65. The van der Waals surface area contributed by atoms with Gasteiger partial charge in [-0.25, -0.2) is 18.0 Å². The Kier molecular flexibility index (Phi) is 5.58. The topological polar surface area (TPSA) is 86.7 Å². The molecule has 0 radical (unpaired) electrons. The van der Waals surface area contributed by atoms with Gasteiger partial charge in [-0.2, -0.15) is 0 Å². The molecule has 0 aliphatic heterocycles. The van der Waals surface area contributed by atoms with Gasteiger partial charge in [-0.05, 0) is 42.3 Å². The second kappa shape index (κ2) is 7.48. The number of benzene rings is 2. The monoisotopic (exact) mass is 362 g/mol. The minimum Gasteiger partial charge on any atom is -0.465 e. The van der Waals surface area contributed by atoms with Gasteiger partial charge >= 0.3 is 11.9 Å². The molecule has 0 aromatic heterocycles. The van der Waals surface area contributed by atoms with Gasteiger partial charge in [0.15, 0.2) is 9.84 Å². The van der Waals surface area contributed by atoms with Gasteiger partial charge in [0.05, 0.1) is 23.1 Å². The average molecular weight is 362 g/mol. The summed E-state index contributed by atoms with van der Waals surface area (Å²) >= 11 is 0. The Bertz CT molecular complexity index is 915. The van der Waals surface area contributed by atoms with E-state index in [4.69, 9.17) is 4.74 Å². The quantitative estimate of drug-likeness (QED) is 0.760. The lowest BCUT2D eigenvalue weighted by Gasteiger charge is -2.09. The van der Waals surface area contributed by atoms with Gasteiger partial charge in [-0.15, -0.1) is 0 Å². The van der Waals surface area contributed by atoms with Crippen LogP contribution in [0.1, 0.15) is 31.8 Å². The zero-order chi connectivity index (χ0) is 18.6. The van der Waals surface area contributed by atoms with Crippen molar-refractivity contribution in [2.75, 3.05) is 13.4 Å². The molecular weight excluding hydrogens is 344 g/mol. The minimum atomic E-state index is -3.42. The van der Waals surface area contributed by atoms with Crippen molar-refractivity contribution in [3.63, 3.8) is 0 Å². The zero-order valence-electron chi connectivity index (χ0n) is 14.1. The smallest absolute Gasteiger partial charge is 0.338 e. The summed E-state index contributed by atoms with van der Waals surface area (Å²) in [6, 6.07) is 10.8. The number of methoxy groups -OCH3 is 1. The largest absolute Gasteiger partial charge is 0.465 e. The highest BCUT2D eigenvalue weighted by molar-refractivity contribution is 7.90. The van der Waals surface area contributed by atoms with Crippen LogP contribution in [0.5, 0.6) is 0 Å². The van der Waals surface area contributed by atoms with E-state index in [2.05, 4.69) is 4.74 Å². The molecule has 0 atom stereocenters. The summed E-state index contributed by atoms with van der Waals surface area (Å²) in [7, 11) is -2.14. The molecule has 2 rings (SSSR count). The molecule has 0 spiro atoms. The second-order valence-corrected chi connectivity index (χ2v) is 7.53. The van der Waals surface area contributed by atoms with Crippen molar-refractivity contribution in [1.29, 1.82) is 0 Å². The predicted molar refractivity (Wildman–Crippen MR) is 91.2 cm³/mol. The molecule has 2 aromatic rings. The van der Waals surface area contributed by atoms with Crippen LogP contribution in [0.4, 0.5) is 0 Å². The van der Waals surface area contributed by atoms with E-state index in [0.717, 1.165) is 6.26 Å². The Hall–Kier alpha value is -2.67. The maximum atomic E-state index is 12.3. The molecule has 0 fully saturated rings. The SMILES string of the molecule is COC(=O)c1cccc(COC(=O)c2cc(S(C)(=O)=O)ccc2C)c1. The van der Waals surface area contributed by atoms with Crippen molar-refractivity contribution in [3.8, 4) is 0 Å². The standard InChI is InChI=1S/C18H18O6S/c1-12-7-8-15(25(3,21)22)10-16(12)18(20)24-11-13-5-4-6-14(9-13)17(19)23-2/h4-10H,11H2,1-3H3. The van der Waals surface area contributed by atoms with Crippen LogP contribution < -0.4 is 0 Å². The van der Waals surface area contributed by atoms with E-state index in [1.807, 2.05) is 0 Å². The highest BCUT2D eigenvalue weighted by Crippen LogP contribution is 2.17. The molecule has 0 saturated carbocycles. The molecule has 6 nitrogen and oxygen atoms in total. The van der Waals surface area contributed by atoms with Crippen LogP contribution in [0.3, 0.4) is 0 Å². The molecule has 0 saturated heterocycles. The van der Waals surface area contributed by atoms with Gasteiger partial charge in [0.25, 0.3) is 0 Å². The number of rotatable bonds is 5. The number of hydrogen-bond donors (Lipinski definition) is 0. The third-order valence-corrected chi connectivity index (χ3v) is 4.69. The molecule has 25 heavy (non-hydrogen) atoms.